The highest BCUT2D eigenvalue weighted by atomic mass is 32.1. The fourth-order valence-corrected chi connectivity index (χ4v) is 10.2. The van der Waals surface area contributed by atoms with Gasteiger partial charge in [0.15, 0.2) is 0 Å². The lowest BCUT2D eigenvalue weighted by molar-refractivity contribution is 1.31. The molecule has 12 rings (SSSR count). The molecule has 0 unspecified atom stereocenters. The van der Waals surface area contributed by atoms with Crippen LogP contribution in [-0.2, 0) is 0 Å². The number of benzene rings is 10. The van der Waals surface area contributed by atoms with E-state index in [1.165, 1.54) is 75.5 Å². The van der Waals surface area contributed by atoms with E-state index in [1.807, 2.05) is 17.5 Å². The lowest BCUT2D eigenvalue weighted by Gasteiger charge is -2.14. The number of hydrogen-bond donors (Lipinski definition) is 0. The highest BCUT2D eigenvalue weighted by Crippen LogP contribution is 2.41. The van der Waals surface area contributed by atoms with E-state index in [0.717, 1.165) is 44.2 Å². The molecule has 61 heavy (non-hydrogen) atoms. The van der Waals surface area contributed by atoms with Gasteiger partial charge in [-0.1, -0.05) is 188 Å². The largest absolute Gasteiger partial charge is 0.252 e. The Kier molecular flexibility index (Phi) is 8.39. The van der Waals surface area contributed by atoms with Gasteiger partial charge in [-0.25, -0.2) is 4.98 Å². The van der Waals surface area contributed by atoms with Crippen molar-refractivity contribution < 1.29 is 0 Å². The average Bonchev–Trinajstić information content (AvgIpc) is 3.73. The summed E-state index contributed by atoms with van der Waals surface area (Å²) in [5.74, 6) is 0. The maximum Gasteiger partial charge on any atom is 0.0979 e. The third kappa shape index (κ3) is 6.18. The number of nitrogens with zero attached hydrogens (tertiary/aromatic N) is 2. The van der Waals surface area contributed by atoms with Gasteiger partial charge in [0, 0.05) is 36.5 Å². The van der Waals surface area contributed by atoms with Gasteiger partial charge in [0.25, 0.3) is 0 Å². The van der Waals surface area contributed by atoms with Gasteiger partial charge in [-0.15, -0.1) is 11.3 Å². The summed E-state index contributed by atoms with van der Waals surface area (Å²) < 4.78 is 2.67. The third-order valence-corrected chi connectivity index (χ3v) is 13.4. The zero-order valence-electron chi connectivity index (χ0n) is 33.1. The molecule has 0 N–H and O–H groups in total. The summed E-state index contributed by atoms with van der Waals surface area (Å²) >= 11 is 1.88. The molecule has 10 aromatic carbocycles. The first-order valence-electron chi connectivity index (χ1n) is 20.7. The first-order valence-corrected chi connectivity index (χ1v) is 21.5. The third-order valence-electron chi connectivity index (χ3n) is 12.1. The average molecular weight is 793 g/mol. The van der Waals surface area contributed by atoms with Crippen LogP contribution in [0.3, 0.4) is 0 Å². The second-order valence-electron chi connectivity index (χ2n) is 15.7. The molecule has 0 bridgehead atoms. The minimum atomic E-state index is 0.853. The van der Waals surface area contributed by atoms with Crippen molar-refractivity contribution in [3.05, 3.63) is 219 Å². The Morgan fingerprint density at radius 1 is 0.295 bits per heavy atom. The van der Waals surface area contributed by atoms with Crippen LogP contribution in [0.2, 0.25) is 0 Å². The van der Waals surface area contributed by atoms with Gasteiger partial charge in [0.05, 0.1) is 22.9 Å². The van der Waals surface area contributed by atoms with E-state index < -0.39 is 0 Å². The Balaban J connectivity index is 0.885. The second-order valence-corrected chi connectivity index (χ2v) is 16.8. The Morgan fingerprint density at radius 2 is 0.770 bits per heavy atom. The number of fused-ring (bicyclic) bond motifs is 9. The van der Waals surface area contributed by atoms with Crippen LogP contribution in [0.5, 0.6) is 0 Å². The molecule has 284 valence electrons. The number of thiophene rings is 1. The molecule has 0 radical (unpaired) electrons. The molecule has 0 saturated carbocycles. The van der Waals surface area contributed by atoms with Crippen molar-refractivity contribution in [1.29, 1.82) is 0 Å². The monoisotopic (exact) mass is 792 g/mol. The Bertz CT molecular complexity index is 3610. The quantitative estimate of drug-likeness (QED) is 0.157. The van der Waals surface area contributed by atoms with E-state index in [-0.39, 0.29) is 0 Å². The van der Waals surface area contributed by atoms with Gasteiger partial charge < -0.3 is 0 Å². The minimum absolute atomic E-state index is 0.853. The van der Waals surface area contributed by atoms with Gasteiger partial charge in [-0.05, 0) is 90.7 Å². The van der Waals surface area contributed by atoms with Crippen LogP contribution in [0, 0.1) is 0 Å². The van der Waals surface area contributed by atoms with Crippen LogP contribution in [0.15, 0.2) is 219 Å². The summed E-state index contributed by atoms with van der Waals surface area (Å²) in [6, 6.07) is 76.6. The Labute approximate surface area is 357 Å². The molecule has 2 nitrogen and oxygen atoms in total. The first-order chi connectivity index (χ1) is 30.2. The summed E-state index contributed by atoms with van der Waals surface area (Å²) in [7, 11) is 0. The number of aromatic nitrogens is 2. The molecule has 12 aromatic rings. The van der Waals surface area contributed by atoms with Gasteiger partial charge in [-0.3, -0.25) is 4.98 Å². The fraction of sp³-hybridized carbons (Fsp3) is 0. The number of rotatable bonds is 6. The van der Waals surface area contributed by atoms with Crippen molar-refractivity contribution in [2.24, 2.45) is 0 Å². The first kappa shape index (κ1) is 35.2. The lowest BCUT2D eigenvalue weighted by Crippen LogP contribution is -1.93. The summed E-state index contributed by atoms with van der Waals surface area (Å²) in [5.41, 5.74) is 15.7. The van der Waals surface area contributed by atoms with Crippen molar-refractivity contribution in [3.8, 4) is 66.9 Å². The summed E-state index contributed by atoms with van der Waals surface area (Å²) in [6.45, 7) is 0. The summed E-state index contributed by atoms with van der Waals surface area (Å²) in [5, 5.41) is 7.20. The molecule has 0 atom stereocenters. The molecule has 3 heteroatoms. The van der Waals surface area contributed by atoms with Crippen molar-refractivity contribution in [3.63, 3.8) is 0 Å². The topological polar surface area (TPSA) is 25.8 Å². The predicted molar refractivity (Wildman–Crippen MR) is 260 cm³/mol. The fourth-order valence-electron chi connectivity index (χ4n) is 9.01. The van der Waals surface area contributed by atoms with Gasteiger partial charge >= 0.3 is 0 Å². The Morgan fingerprint density at radius 3 is 1.44 bits per heavy atom. The van der Waals surface area contributed by atoms with E-state index in [2.05, 4.69) is 212 Å². The van der Waals surface area contributed by atoms with E-state index in [4.69, 9.17) is 9.97 Å². The maximum atomic E-state index is 5.39. The smallest absolute Gasteiger partial charge is 0.0979 e. The van der Waals surface area contributed by atoms with Crippen molar-refractivity contribution >= 4 is 64.1 Å². The zero-order chi connectivity index (χ0) is 40.3. The molecule has 0 spiro atoms. The van der Waals surface area contributed by atoms with Crippen LogP contribution < -0.4 is 0 Å². The molecule has 2 heterocycles. The molecular weight excluding hydrogens is 757 g/mol. The molecule has 0 saturated heterocycles. The van der Waals surface area contributed by atoms with Crippen LogP contribution in [0.4, 0.5) is 0 Å². The predicted octanol–water partition coefficient (Wildman–Crippen LogP) is 16.3. The Hall–Kier alpha value is -7.72. The molecule has 0 fully saturated rings. The maximum absolute atomic E-state index is 5.39. The van der Waals surface area contributed by atoms with Gasteiger partial charge in [0.1, 0.15) is 0 Å². The van der Waals surface area contributed by atoms with E-state index in [1.54, 1.807) is 0 Å². The van der Waals surface area contributed by atoms with Crippen LogP contribution in [0.1, 0.15) is 0 Å². The summed E-state index contributed by atoms with van der Waals surface area (Å²) in [6.07, 6.45) is 1.93. The van der Waals surface area contributed by atoms with Crippen LogP contribution >= 0.6 is 11.3 Å². The van der Waals surface area contributed by atoms with Crippen molar-refractivity contribution in [2.45, 2.75) is 0 Å². The second kappa shape index (κ2) is 14.5. The van der Waals surface area contributed by atoms with E-state index >= 15 is 0 Å². The molecule has 0 aliphatic rings. The SMILES string of the molecule is c1ccc(-c2ccc3c(c2)c2cc(-c4ccccc4)ccc2c2nc(-c4cccc(-c5ccc(-c6ccc(-c7cccc8c7sc7ccccc78)cc6)cc5)c4)cnc32)cc1. The van der Waals surface area contributed by atoms with Gasteiger partial charge in [0.2, 0.25) is 0 Å². The van der Waals surface area contributed by atoms with Crippen molar-refractivity contribution in [2.75, 3.05) is 0 Å². The molecular formula is C58H36N2S. The molecule has 0 amide bonds. The van der Waals surface area contributed by atoms with E-state index in [0.29, 0.717) is 0 Å². The zero-order valence-corrected chi connectivity index (χ0v) is 33.9. The highest BCUT2D eigenvalue weighted by Gasteiger charge is 2.16. The molecule has 0 aliphatic carbocycles. The van der Waals surface area contributed by atoms with Crippen LogP contribution in [-0.4, -0.2) is 9.97 Å². The summed E-state index contributed by atoms with van der Waals surface area (Å²) in [4.78, 5) is 10.5. The van der Waals surface area contributed by atoms with Crippen LogP contribution in [0.25, 0.3) is 120 Å². The molecule has 2 aromatic heterocycles. The number of hydrogen-bond acceptors (Lipinski definition) is 3. The highest BCUT2D eigenvalue weighted by molar-refractivity contribution is 7.26. The minimum Gasteiger partial charge on any atom is -0.252 e. The van der Waals surface area contributed by atoms with Gasteiger partial charge in [-0.2, -0.15) is 0 Å². The molecule has 0 aliphatic heterocycles. The standard InChI is InChI=1S/C58H36N2S/c1-3-11-37(12-4-1)44-29-31-49-52(34-44)53-35-45(38-13-5-2-6-14-38)30-32-50(53)57-56(49)59-36-54(60-57)46-16-9-15-43(33-46)41-23-21-39(22-24-41)40-25-27-42(28-26-40)47-18-10-19-51-48-17-7-8-20-55(48)61-58(47)51/h1-36H. The van der Waals surface area contributed by atoms with E-state index in [9.17, 15) is 0 Å². The normalized spacial score (nSPS) is 11.6. The van der Waals surface area contributed by atoms with Crippen molar-refractivity contribution in [1.82, 2.24) is 9.97 Å². The lowest BCUT2D eigenvalue weighted by atomic mass is 9.93.